The number of urea groups is 1. The van der Waals surface area contributed by atoms with Crippen molar-refractivity contribution in [1.29, 1.82) is 0 Å². The van der Waals surface area contributed by atoms with Crippen LogP contribution in [0.2, 0.25) is 0 Å². The van der Waals surface area contributed by atoms with Crippen molar-refractivity contribution in [3.63, 3.8) is 0 Å². The summed E-state index contributed by atoms with van der Waals surface area (Å²) in [4.78, 5) is 37.0. The lowest BCUT2D eigenvalue weighted by Gasteiger charge is -2.30. The van der Waals surface area contributed by atoms with Gasteiger partial charge in [-0.05, 0) is 41.1 Å². The molecule has 100 valence electrons. The molecular formula is C13H13IN2O3. The van der Waals surface area contributed by atoms with Crippen LogP contribution in [-0.4, -0.2) is 17.8 Å². The highest BCUT2D eigenvalue weighted by molar-refractivity contribution is 14.1. The number of para-hydroxylation sites is 1. The lowest BCUT2D eigenvalue weighted by molar-refractivity contribution is -0.134. The number of hydrogen-bond donors (Lipinski definition) is 1. The Morgan fingerprint density at radius 2 is 1.95 bits per heavy atom. The predicted molar refractivity (Wildman–Crippen MR) is 78.6 cm³/mol. The normalized spacial score (nSPS) is 19.6. The number of imide groups is 2. The number of halogens is 1. The molecule has 4 amide bonds. The van der Waals surface area contributed by atoms with Crippen molar-refractivity contribution in [2.45, 2.75) is 19.8 Å². The Morgan fingerprint density at radius 3 is 2.58 bits per heavy atom. The zero-order valence-electron chi connectivity index (χ0n) is 10.4. The van der Waals surface area contributed by atoms with Crippen LogP contribution in [-0.2, 0) is 9.59 Å². The highest BCUT2D eigenvalue weighted by Gasteiger charge is 2.41. The first-order valence-electron chi connectivity index (χ1n) is 5.99. The summed E-state index contributed by atoms with van der Waals surface area (Å²) in [5.74, 6) is -1.72. The molecule has 0 saturated carbocycles. The van der Waals surface area contributed by atoms with Gasteiger partial charge in [0.25, 0.3) is 0 Å². The predicted octanol–water partition coefficient (Wildman–Crippen LogP) is 2.29. The van der Waals surface area contributed by atoms with Crippen LogP contribution in [0.25, 0.3) is 0 Å². The first-order chi connectivity index (χ1) is 9.06. The largest absolute Gasteiger partial charge is 0.335 e. The fraction of sp³-hybridized carbons (Fsp3) is 0.308. The van der Waals surface area contributed by atoms with Gasteiger partial charge in [0.2, 0.25) is 11.8 Å². The molecule has 5 nitrogen and oxygen atoms in total. The van der Waals surface area contributed by atoms with E-state index < -0.39 is 23.8 Å². The minimum Gasteiger partial charge on any atom is -0.277 e. The van der Waals surface area contributed by atoms with Gasteiger partial charge in [0.05, 0.1) is 5.69 Å². The van der Waals surface area contributed by atoms with E-state index in [9.17, 15) is 14.4 Å². The first-order valence-corrected chi connectivity index (χ1v) is 7.07. The van der Waals surface area contributed by atoms with E-state index in [4.69, 9.17) is 0 Å². The number of carbonyl (C=O) groups is 3. The Balaban J connectivity index is 2.39. The van der Waals surface area contributed by atoms with Crippen LogP contribution < -0.4 is 10.2 Å². The SMILES string of the molecule is CCCC1C(=O)NC(=O)N(c2ccccc2I)C1=O. The molecule has 2 rings (SSSR count). The Labute approximate surface area is 124 Å². The third-order valence-corrected chi connectivity index (χ3v) is 3.85. The Morgan fingerprint density at radius 1 is 1.26 bits per heavy atom. The number of hydrogen-bond acceptors (Lipinski definition) is 3. The lowest BCUT2D eigenvalue weighted by atomic mass is 9.99. The molecule has 0 aliphatic carbocycles. The Bertz CT molecular complexity index is 544. The van der Waals surface area contributed by atoms with Gasteiger partial charge in [-0.25, -0.2) is 9.69 Å². The molecule has 0 radical (unpaired) electrons. The zero-order chi connectivity index (χ0) is 14.0. The second-order valence-corrected chi connectivity index (χ2v) is 5.42. The standard InChI is InChI=1S/C13H13IN2O3/c1-2-5-8-11(17)15-13(19)16(12(8)18)10-7-4-3-6-9(10)14/h3-4,6-8H,2,5H2,1H3,(H,15,17,19). The molecule has 1 fully saturated rings. The summed E-state index contributed by atoms with van der Waals surface area (Å²) in [6.45, 7) is 1.90. The first kappa shape index (κ1) is 14.0. The molecule has 0 aromatic heterocycles. The number of amides is 4. The molecule has 1 aliphatic heterocycles. The summed E-state index contributed by atoms with van der Waals surface area (Å²) in [5.41, 5.74) is 0.513. The molecule has 0 bridgehead atoms. The summed E-state index contributed by atoms with van der Waals surface area (Å²) in [5, 5.41) is 2.24. The third kappa shape index (κ3) is 2.63. The van der Waals surface area contributed by atoms with Crippen molar-refractivity contribution in [3.8, 4) is 0 Å². The van der Waals surface area contributed by atoms with Gasteiger partial charge in [0, 0.05) is 3.57 Å². The average Bonchev–Trinajstić information content (AvgIpc) is 2.36. The van der Waals surface area contributed by atoms with Gasteiger partial charge < -0.3 is 0 Å². The number of rotatable bonds is 3. The van der Waals surface area contributed by atoms with Gasteiger partial charge in [0.1, 0.15) is 5.92 Å². The van der Waals surface area contributed by atoms with Crippen molar-refractivity contribution >= 4 is 46.1 Å². The van der Waals surface area contributed by atoms with E-state index in [2.05, 4.69) is 27.9 Å². The monoisotopic (exact) mass is 372 g/mol. The van der Waals surface area contributed by atoms with E-state index in [1.807, 2.05) is 19.1 Å². The van der Waals surface area contributed by atoms with E-state index in [1.54, 1.807) is 12.1 Å². The number of nitrogens with zero attached hydrogens (tertiary/aromatic N) is 1. The van der Waals surface area contributed by atoms with Crippen molar-refractivity contribution in [2.24, 2.45) is 5.92 Å². The zero-order valence-corrected chi connectivity index (χ0v) is 12.5. The van der Waals surface area contributed by atoms with Crippen molar-refractivity contribution in [3.05, 3.63) is 27.8 Å². The van der Waals surface area contributed by atoms with Crippen LogP contribution in [0.1, 0.15) is 19.8 Å². The summed E-state index contributed by atoms with van der Waals surface area (Å²) in [6, 6.07) is 6.40. The maximum absolute atomic E-state index is 12.3. The molecule has 1 aromatic rings. The number of carbonyl (C=O) groups excluding carboxylic acids is 3. The average molecular weight is 372 g/mol. The van der Waals surface area contributed by atoms with Crippen LogP contribution in [0.5, 0.6) is 0 Å². The van der Waals surface area contributed by atoms with E-state index >= 15 is 0 Å². The van der Waals surface area contributed by atoms with Gasteiger partial charge in [-0.2, -0.15) is 0 Å². The number of benzene rings is 1. The molecule has 6 heteroatoms. The van der Waals surface area contributed by atoms with E-state index in [0.29, 0.717) is 18.5 Å². The number of anilines is 1. The lowest BCUT2D eigenvalue weighted by Crippen LogP contribution is -2.58. The third-order valence-electron chi connectivity index (χ3n) is 2.94. The molecule has 0 spiro atoms. The number of barbiturate groups is 1. The molecule has 1 saturated heterocycles. The van der Waals surface area contributed by atoms with Gasteiger partial charge in [0.15, 0.2) is 0 Å². The second kappa shape index (κ2) is 5.68. The van der Waals surface area contributed by atoms with Crippen LogP contribution in [0.4, 0.5) is 10.5 Å². The van der Waals surface area contributed by atoms with Crippen LogP contribution in [0, 0.1) is 9.49 Å². The topological polar surface area (TPSA) is 66.5 Å². The molecule has 1 aromatic carbocycles. The number of nitrogens with one attached hydrogen (secondary N) is 1. The molecule has 1 atom stereocenters. The molecule has 1 unspecified atom stereocenters. The van der Waals surface area contributed by atoms with Gasteiger partial charge in [-0.1, -0.05) is 25.5 Å². The summed E-state index contributed by atoms with van der Waals surface area (Å²) in [7, 11) is 0. The van der Waals surface area contributed by atoms with Gasteiger partial charge in [-0.15, -0.1) is 0 Å². The van der Waals surface area contributed by atoms with Crippen LogP contribution in [0.3, 0.4) is 0 Å². The summed E-state index contributed by atoms with van der Waals surface area (Å²) >= 11 is 2.06. The molecule has 1 aliphatic rings. The fourth-order valence-electron chi connectivity index (χ4n) is 2.02. The molecule has 1 N–H and O–H groups in total. The maximum atomic E-state index is 12.3. The molecule has 19 heavy (non-hydrogen) atoms. The quantitative estimate of drug-likeness (QED) is 0.654. The summed E-state index contributed by atoms with van der Waals surface area (Å²) in [6.07, 6.45) is 1.15. The van der Waals surface area contributed by atoms with Gasteiger partial charge in [-0.3, -0.25) is 14.9 Å². The Hall–Kier alpha value is -1.44. The summed E-state index contributed by atoms with van der Waals surface area (Å²) < 4.78 is 0.785. The van der Waals surface area contributed by atoms with E-state index in [0.717, 1.165) is 8.47 Å². The van der Waals surface area contributed by atoms with E-state index in [1.165, 1.54) is 0 Å². The van der Waals surface area contributed by atoms with Crippen molar-refractivity contribution in [1.82, 2.24) is 5.32 Å². The van der Waals surface area contributed by atoms with Crippen LogP contribution in [0.15, 0.2) is 24.3 Å². The smallest absolute Gasteiger partial charge is 0.277 e. The second-order valence-electron chi connectivity index (χ2n) is 4.26. The van der Waals surface area contributed by atoms with E-state index in [-0.39, 0.29) is 0 Å². The maximum Gasteiger partial charge on any atom is 0.335 e. The molecular weight excluding hydrogens is 359 g/mol. The minimum atomic E-state index is -0.779. The molecule has 1 heterocycles. The van der Waals surface area contributed by atoms with Crippen molar-refractivity contribution in [2.75, 3.05) is 4.90 Å². The Kier molecular flexibility index (Phi) is 4.18. The van der Waals surface area contributed by atoms with Crippen molar-refractivity contribution < 1.29 is 14.4 Å². The van der Waals surface area contributed by atoms with Crippen LogP contribution >= 0.6 is 22.6 Å². The minimum absolute atomic E-state index is 0.442. The highest BCUT2D eigenvalue weighted by atomic mass is 127. The highest BCUT2D eigenvalue weighted by Crippen LogP contribution is 2.27. The fourth-order valence-corrected chi connectivity index (χ4v) is 2.65. The van der Waals surface area contributed by atoms with Gasteiger partial charge >= 0.3 is 6.03 Å².